The molecule has 0 amide bonds. The second-order valence-electron chi connectivity index (χ2n) is 4.98. The summed E-state index contributed by atoms with van der Waals surface area (Å²) in [4.78, 5) is 4.48. The van der Waals surface area contributed by atoms with Crippen LogP contribution in [-0.4, -0.2) is 47.6 Å². The standard InChI is InChI=1S/C14H19N3O/c1-11-10-16(2)6-7-17(11)14(9-15)12-4-3-5-13(18)8-12/h3-5,8,11,14,18H,6-7,10H2,1-2H3. The summed E-state index contributed by atoms with van der Waals surface area (Å²) in [7, 11) is 2.10. The number of nitriles is 1. The first-order chi connectivity index (χ1) is 8.61. The molecule has 0 radical (unpaired) electrons. The van der Waals surface area contributed by atoms with E-state index in [9.17, 15) is 10.4 Å². The summed E-state index contributed by atoms with van der Waals surface area (Å²) in [6.45, 7) is 4.96. The highest BCUT2D eigenvalue weighted by molar-refractivity contribution is 5.32. The largest absolute Gasteiger partial charge is 0.508 e. The van der Waals surface area contributed by atoms with Gasteiger partial charge in [0.15, 0.2) is 0 Å². The first-order valence-electron chi connectivity index (χ1n) is 6.24. The van der Waals surface area contributed by atoms with E-state index in [1.165, 1.54) is 0 Å². The molecular weight excluding hydrogens is 226 g/mol. The van der Waals surface area contributed by atoms with Crippen LogP contribution < -0.4 is 0 Å². The fourth-order valence-corrected chi connectivity index (χ4v) is 2.57. The number of hydrogen-bond acceptors (Lipinski definition) is 4. The van der Waals surface area contributed by atoms with Gasteiger partial charge in [-0.05, 0) is 31.7 Å². The van der Waals surface area contributed by atoms with Crippen molar-refractivity contribution in [3.8, 4) is 11.8 Å². The highest BCUT2D eigenvalue weighted by Crippen LogP contribution is 2.26. The van der Waals surface area contributed by atoms with Crippen molar-refractivity contribution >= 4 is 0 Å². The van der Waals surface area contributed by atoms with Gasteiger partial charge in [0.05, 0.1) is 6.07 Å². The van der Waals surface area contributed by atoms with Gasteiger partial charge < -0.3 is 10.0 Å². The third-order valence-corrected chi connectivity index (χ3v) is 3.52. The van der Waals surface area contributed by atoms with Crippen molar-refractivity contribution in [1.29, 1.82) is 5.26 Å². The number of piperazine rings is 1. The lowest BCUT2D eigenvalue weighted by molar-refractivity contribution is 0.0796. The van der Waals surface area contributed by atoms with E-state index in [1.54, 1.807) is 18.2 Å². The molecule has 0 saturated carbocycles. The number of benzene rings is 1. The normalized spacial score (nSPS) is 23.5. The quantitative estimate of drug-likeness (QED) is 0.859. The van der Waals surface area contributed by atoms with Crippen LogP contribution in [0, 0.1) is 11.3 Å². The summed E-state index contributed by atoms with van der Waals surface area (Å²) in [5.41, 5.74) is 0.869. The van der Waals surface area contributed by atoms with Crippen LogP contribution >= 0.6 is 0 Å². The van der Waals surface area contributed by atoms with Gasteiger partial charge in [0.1, 0.15) is 11.8 Å². The maximum atomic E-state index is 9.53. The molecule has 1 aromatic rings. The molecule has 18 heavy (non-hydrogen) atoms. The number of hydrogen-bond donors (Lipinski definition) is 1. The van der Waals surface area contributed by atoms with Crippen molar-refractivity contribution in [2.45, 2.75) is 19.0 Å². The second kappa shape index (κ2) is 5.38. The Morgan fingerprint density at radius 3 is 2.83 bits per heavy atom. The topological polar surface area (TPSA) is 50.5 Å². The van der Waals surface area contributed by atoms with E-state index in [0.29, 0.717) is 6.04 Å². The SMILES string of the molecule is CC1CN(C)CCN1C(C#N)c1cccc(O)c1. The van der Waals surface area contributed by atoms with Gasteiger partial charge in [0.25, 0.3) is 0 Å². The second-order valence-corrected chi connectivity index (χ2v) is 4.98. The van der Waals surface area contributed by atoms with E-state index in [-0.39, 0.29) is 11.8 Å². The van der Waals surface area contributed by atoms with Crippen LogP contribution in [0.1, 0.15) is 18.5 Å². The molecule has 96 valence electrons. The molecule has 4 heteroatoms. The van der Waals surface area contributed by atoms with Crippen LogP contribution in [-0.2, 0) is 0 Å². The van der Waals surface area contributed by atoms with Gasteiger partial charge in [0.2, 0.25) is 0 Å². The average Bonchev–Trinajstić information content (AvgIpc) is 2.33. The van der Waals surface area contributed by atoms with E-state index >= 15 is 0 Å². The maximum absolute atomic E-state index is 9.53. The van der Waals surface area contributed by atoms with Crippen LogP contribution in [0.5, 0.6) is 5.75 Å². The van der Waals surface area contributed by atoms with Crippen molar-refractivity contribution in [3.05, 3.63) is 29.8 Å². The smallest absolute Gasteiger partial charge is 0.124 e. The van der Waals surface area contributed by atoms with Gasteiger partial charge in [-0.25, -0.2) is 0 Å². The molecule has 2 atom stereocenters. The minimum Gasteiger partial charge on any atom is -0.508 e. The summed E-state index contributed by atoms with van der Waals surface area (Å²) >= 11 is 0. The van der Waals surface area contributed by atoms with E-state index in [1.807, 2.05) is 6.07 Å². The van der Waals surface area contributed by atoms with Gasteiger partial charge in [0, 0.05) is 25.7 Å². The van der Waals surface area contributed by atoms with E-state index in [2.05, 4.69) is 29.8 Å². The van der Waals surface area contributed by atoms with E-state index < -0.39 is 0 Å². The predicted molar refractivity (Wildman–Crippen MR) is 70.1 cm³/mol. The predicted octanol–water partition coefficient (Wildman–Crippen LogP) is 1.59. The van der Waals surface area contributed by atoms with Crippen molar-refractivity contribution in [3.63, 3.8) is 0 Å². The van der Waals surface area contributed by atoms with Crippen molar-refractivity contribution in [1.82, 2.24) is 9.80 Å². The zero-order chi connectivity index (χ0) is 13.1. The Labute approximate surface area is 108 Å². The van der Waals surface area contributed by atoms with Crippen LogP contribution in [0.15, 0.2) is 24.3 Å². The van der Waals surface area contributed by atoms with Gasteiger partial charge in [-0.3, -0.25) is 4.90 Å². The van der Waals surface area contributed by atoms with Gasteiger partial charge in [-0.15, -0.1) is 0 Å². The van der Waals surface area contributed by atoms with Crippen LogP contribution in [0.25, 0.3) is 0 Å². The molecule has 1 heterocycles. The van der Waals surface area contributed by atoms with Gasteiger partial charge in [-0.2, -0.15) is 5.26 Å². The van der Waals surface area contributed by atoms with Crippen LogP contribution in [0.4, 0.5) is 0 Å². The highest BCUT2D eigenvalue weighted by Gasteiger charge is 2.29. The summed E-state index contributed by atoms with van der Waals surface area (Å²) in [6, 6.07) is 9.42. The van der Waals surface area contributed by atoms with Crippen molar-refractivity contribution in [2.75, 3.05) is 26.7 Å². The molecule has 0 aromatic heterocycles. The third kappa shape index (κ3) is 2.63. The number of rotatable bonds is 2. The number of nitrogens with zero attached hydrogens (tertiary/aromatic N) is 3. The molecule has 1 fully saturated rings. The number of phenols is 1. The fourth-order valence-electron chi connectivity index (χ4n) is 2.57. The Morgan fingerprint density at radius 1 is 1.44 bits per heavy atom. The molecule has 2 rings (SSSR count). The lowest BCUT2D eigenvalue weighted by Crippen LogP contribution is -2.51. The molecule has 1 aliphatic heterocycles. The summed E-state index contributed by atoms with van der Waals surface area (Å²) in [6.07, 6.45) is 0. The Morgan fingerprint density at radius 2 is 2.22 bits per heavy atom. The van der Waals surface area contributed by atoms with Crippen LogP contribution in [0.2, 0.25) is 0 Å². The minimum absolute atomic E-state index is 0.217. The fraction of sp³-hybridized carbons (Fsp3) is 0.500. The molecule has 0 aliphatic carbocycles. The number of aromatic hydroxyl groups is 1. The first kappa shape index (κ1) is 12.9. The minimum atomic E-state index is -0.277. The zero-order valence-corrected chi connectivity index (χ0v) is 10.9. The molecule has 1 saturated heterocycles. The summed E-state index contributed by atoms with van der Waals surface area (Å²) < 4.78 is 0. The zero-order valence-electron chi connectivity index (χ0n) is 10.9. The lowest BCUT2D eigenvalue weighted by atomic mass is 10.0. The van der Waals surface area contributed by atoms with Gasteiger partial charge >= 0.3 is 0 Å². The van der Waals surface area contributed by atoms with Crippen molar-refractivity contribution in [2.24, 2.45) is 0 Å². The first-order valence-corrected chi connectivity index (χ1v) is 6.24. The average molecular weight is 245 g/mol. The Balaban J connectivity index is 2.21. The van der Waals surface area contributed by atoms with E-state index in [4.69, 9.17) is 0 Å². The van der Waals surface area contributed by atoms with Crippen molar-refractivity contribution < 1.29 is 5.11 Å². The van der Waals surface area contributed by atoms with Crippen LogP contribution in [0.3, 0.4) is 0 Å². The Bertz CT molecular complexity index is 455. The highest BCUT2D eigenvalue weighted by atomic mass is 16.3. The molecule has 0 spiro atoms. The molecule has 4 nitrogen and oxygen atoms in total. The molecule has 0 bridgehead atoms. The number of likely N-dealkylation sites (N-methyl/N-ethyl adjacent to an activating group) is 1. The molecule has 2 unspecified atom stereocenters. The monoisotopic (exact) mass is 245 g/mol. The molecule has 1 N–H and O–H groups in total. The molecule has 1 aromatic carbocycles. The summed E-state index contributed by atoms with van der Waals surface area (Å²) in [5, 5.41) is 18.9. The third-order valence-electron chi connectivity index (χ3n) is 3.52. The maximum Gasteiger partial charge on any atom is 0.124 e. The molecule has 1 aliphatic rings. The van der Waals surface area contributed by atoms with E-state index in [0.717, 1.165) is 25.2 Å². The molecular formula is C14H19N3O. The Hall–Kier alpha value is -1.57. The Kier molecular flexibility index (Phi) is 3.85. The lowest BCUT2D eigenvalue weighted by Gasteiger charge is -2.40. The number of phenolic OH excluding ortho intramolecular Hbond substituents is 1. The van der Waals surface area contributed by atoms with Gasteiger partial charge in [-0.1, -0.05) is 12.1 Å². The summed E-state index contributed by atoms with van der Waals surface area (Å²) in [5.74, 6) is 0.217.